The lowest BCUT2D eigenvalue weighted by molar-refractivity contribution is -0.137. The zero-order valence-electron chi connectivity index (χ0n) is 15.7. The normalized spacial score (nSPS) is 16.4. The summed E-state index contributed by atoms with van der Waals surface area (Å²) in [6, 6.07) is 10.7. The Balaban J connectivity index is 1.65. The van der Waals surface area contributed by atoms with E-state index in [9.17, 15) is 22.4 Å². The lowest BCUT2D eigenvalue weighted by Gasteiger charge is -2.35. The van der Waals surface area contributed by atoms with Crippen LogP contribution in [0, 0.1) is 5.82 Å². The Morgan fingerprint density at radius 1 is 1.10 bits per heavy atom. The third-order valence-electron chi connectivity index (χ3n) is 4.85. The molecule has 1 N–H and O–H groups in total. The number of carbonyl (C=O) groups is 1. The molecule has 1 saturated heterocycles. The van der Waals surface area contributed by atoms with E-state index in [4.69, 9.17) is 4.74 Å². The second kappa shape index (κ2) is 9.37. The molecule has 0 saturated carbocycles. The minimum Gasteiger partial charge on any atom is -0.379 e. The molecule has 0 aliphatic carbocycles. The minimum atomic E-state index is -4.45. The molecule has 1 atom stereocenters. The number of ether oxygens (including phenoxy) is 1. The summed E-state index contributed by atoms with van der Waals surface area (Å²) in [5.41, 5.74) is 0.370. The maximum absolute atomic E-state index is 13.3. The Bertz CT molecular complexity index is 818. The van der Waals surface area contributed by atoms with Gasteiger partial charge in [-0.3, -0.25) is 9.69 Å². The Hall–Kier alpha value is -2.45. The van der Waals surface area contributed by atoms with Gasteiger partial charge < -0.3 is 10.1 Å². The van der Waals surface area contributed by atoms with Crippen LogP contribution in [0.3, 0.4) is 0 Å². The second-order valence-corrected chi connectivity index (χ2v) is 6.89. The number of nitrogens with one attached hydrogen (secondary N) is 1. The van der Waals surface area contributed by atoms with Crippen LogP contribution in [-0.4, -0.2) is 43.7 Å². The fourth-order valence-electron chi connectivity index (χ4n) is 3.35. The van der Waals surface area contributed by atoms with Crippen LogP contribution < -0.4 is 5.32 Å². The third-order valence-corrected chi connectivity index (χ3v) is 4.85. The van der Waals surface area contributed by atoms with Crippen LogP contribution in [0.2, 0.25) is 0 Å². The number of hydrogen-bond acceptors (Lipinski definition) is 3. The summed E-state index contributed by atoms with van der Waals surface area (Å²) >= 11 is 0. The Kier molecular flexibility index (Phi) is 6.87. The van der Waals surface area contributed by atoms with Gasteiger partial charge in [0, 0.05) is 19.6 Å². The summed E-state index contributed by atoms with van der Waals surface area (Å²) in [5, 5.41) is 2.80. The first-order chi connectivity index (χ1) is 13.8. The van der Waals surface area contributed by atoms with Crippen LogP contribution >= 0.6 is 0 Å². The highest BCUT2D eigenvalue weighted by Crippen LogP contribution is 2.29. The van der Waals surface area contributed by atoms with Gasteiger partial charge in [-0.25, -0.2) is 4.39 Å². The first-order valence-electron chi connectivity index (χ1n) is 9.33. The number of benzene rings is 2. The number of morpholine rings is 1. The molecule has 1 amide bonds. The van der Waals surface area contributed by atoms with Crippen molar-refractivity contribution >= 4 is 5.91 Å². The van der Waals surface area contributed by atoms with Gasteiger partial charge in [0.05, 0.1) is 31.2 Å². The predicted molar refractivity (Wildman–Crippen MR) is 99.7 cm³/mol. The monoisotopic (exact) mass is 410 g/mol. The lowest BCUT2D eigenvalue weighted by atomic mass is 10.0. The van der Waals surface area contributed by atoms with E-state index < -0.39 is 11.7 Å². The highest BCUT2D eigenvalue weighted by atomic mass is 19.4. The molecule has 0 spiro atoms. The van der Waals surface area contributed by atoms with Crippen molar-refractivity contribution in [3.05, 3.63) is 71.0 Å². The van der Waals surface area contributed by atoms with E-state index >= 15 is 0 Å². The third kappa shape index (κ3) is 6.01. The van der Waals surface area contributed by atoms with E-state index in [2.05, 4.69) is 10.2 Å². The molecule has 4 nitrogen and oxygen atoms in total. The fourth-order valence-corrected chi connectivity index (χ4v) is 3.35. The molecule has 8 heteroatoms. The standard InChI is InChI=1S/C21H22F4N2O2/c22-18-6-4-16(5-7-18)19(27-8-10-29-11-9-27)14-26-20(28)13-15-2-1-3-17(12-15)21(23,24)25/h1-7,12,19H,8-11,13-14H2,(H,26,28)/t19-/m1/s1. The molecular weight excluding hydrogens is 388 g/mol. The van der Waals surface area contributed by atoms with Crippen LogP contribution in [0.15, 0.2) is 48.5 Å². The van der Waals surface area contributed by atoms with E-state index in [0.29, 0.717) is 31.9 Å². The molecule has 2 aromatic carbocycles. The van der Waals surface area contributed by atoms with Gasteiger partial charge in [0.1, 0.15) is 5.82 Å². The number of halogens is 4. The zero-order chi connectivity index (χ0) is 20.9. The van der Waals surface area contributed by atoms with Crippen LogP contribution in [0.1, 0.15) is 22.7 Å². The van der Waals surface area contributed by atoms with Gasteiger partial charge in [0.15, 0.2) is 0 Å². The maximum atomic E-state index is 13.3. The van der Waals surface area contributed by atoms with E-state index in [1.54, 1.807) is 12.1 Å². The van der Waals surface area contributed by atoms with Gasteiger partial charge in [-0.15, -0.1) is 0 Å². The van der Waals surface area contributed by atoms with Gasteiger partial charge >= 0.3 is 6.18 Å². The van der Waals surface area contributed by atoms with Gasteiger partial charge in [-0.1, -0.05) is 30.3 Å². The number of rotatable bonds is 6. The highest BCUT2D eigenvalue weighted by Gasteiger charge is 2.30. The van der Waals surface area contributed by atoms with Crippen molar-refractivity contribution in [2.45, 2.75) is 18.6 Å². The SMILES string of the molecule is O=C(Cc1cccc(C(F)(F)F)c1)NC[C@H](c1ccc(F)cc1)N1CCOCC1. The van der Waals surface area contributed by atoms with Crippen LogP contribution in [0.4, 0.5) is 17.6 Å². The summed E-state index contributed by atoms with van der Waals surface area (Å²) in [5.74, 6) is -0.715. The highest BCUT2D eigenvalue weighted by molar-refractivity contribution is 5.78. The summed E-state index contributed by atoms with van der Waals surface area (Å²) in [7, 11) is 0. The lowest BCUT2D eigenvalue weighted by Crippen LogP contribution is -2.44. The molecule has 3 rings (SSSR count). The number of carbonyl (C=O) groups excluding carboxylic acids is 1. The maximum Gasteiger partial charge on any atom is 0.416 e. The van der Waals surface area contributed by atoms with Gasteiger partial charge in [0.2, 0.25) is 5.91 Å². The van der Waals surface area contributed by atoms with Crippen molar-refractivity contribution in [1.82, 2.24) is 10.2 Å². The van der Waals surface area contributed by atoms with E-state index in [1.807, 2.05) is 0 Å². The summed E-state index contributed by atoms with van der Waals surface area (Å²) in [6.45, 7) is 2.74. The smallest absolute Gasteiger partial charge is 0.379 e. The van der Waals surface area contributed by atoms with Crippen molar-refractivity contribution < 1.29 is 27.1 Å². The number of hydrogen-bond donors (Lipinski definition) is 1. The topological polar surface area (TPSA) is 41.6 Å². The molecule has 1 heterocycles. The summed E-state index contributed by atoms with van der Waals surface area (Å²) in [6.07, 6.45) is -4.60. The Morgan fingerprint density at radius 3 is 2.45 bits per heavy atom. The molecule has 0 bridgehead atoms. The molecular formula is C21H22F4N2O2. The average molecular weight is 410 g/mol. The molecule has 0 aromatic heterocycles. The van der Waals surface area contributed by atoms with Gasteiger partial charge in [-0.2, -0.15) is 13.2 Å². The molecule has 2 aromatic rings. The molecule has 29 heavy (non-hydrogen) atoms. The second-order valence-electron chi connectivity index (χ2n) is 6.89. The van der Waals surface area contributed by atoms with E-state index in [0.717, 1.165) is 17.7 Å². The quantitative estimate of drug-likeness (QED) is 0.741. The van der Waals surface area contributed by atoms with Crippen molar-refractivity contribution in [3.8, 4) is 0 Å². The van der Waals surface area contributed by atoms with Crippen LogP contribution in [0.25, 0.3) is 0 Å². The van der Waals surface area contributed by atoms with E-state index in [1.165, 1.54) is 24.3 Å². The largest absolute Gasteiger partial charge is 0.416 e. The average Bonchev–Trinajstić information content (AvgIpc) is 2.70. The molecule has 1 fully saturated rings. The molecule has 1 aliphatic rings. The van der Waals surface area contributed by atoms with Gasteiger partial charge in [-0.05, 0) is 29.3 Å². The number of alkyl halides is 3. The molecule has 156 valence electrons. The zero-order valence-corrected chi connectivity index (χ0v) is 15.7. The van der Waals surface area contributed by atoms with Crippen molar-refractivity contribution in [1.29, 1.82) is 0 Å². The molecule has 0 radical (unpaired) electrons. The minimum absolute atomic E-state index is 0.150. The van der Waals surface area contributed by atoms with Gasteiger partial charge in [0.25, 0.3) is 0 Å². The van der Waals surface area contributed by atoms with E-state index in [-0.39, 0.29) is 30.7 Å². The first kappa shape index (κ1) is 21.3. The number of nitrogens with zero attached hydrogens (tertiary/aromatic N) is 1. The predicted octanol–water partition coefficient (Wildman–Crippen LogP) is 3.58. The van der Waals surface area contributed by atoms with Crippen LogP contribution in [-0.2, 0) is 22.1 Å². The summed E-state index contributed by atoms with van der Waals surface area (Å²) < 4.78 is 57.2. The number of amides is 1. The first-order valence-corrected chi connectivity index (χ1v) is 9.33. The Labute approximate surface area is 166 Å². The molecule has 1 aliphatic heterocycles. The van der Waals surface area contributed by atoms with Crippen molar-refractivity contribution in [3.63, 3.8) is 0 Å². The van der Waals surface area contributed by atoms with Crippen LogP contribution in [0.5, 0.6) is 0 Å². The molecule has 0 unspecified atom stereocenters. The van der Waals surface area contributed by atoms with Crippen molar-refractivity contribution in [2.24, 2.45) is 0 Å². The summed E-state index contributed by atoms with van der Waals surface area (Å²) in [4.78, 5) is 14.5. The fraction of sp³-hybridized carbons (Fsp3) is 0.381. The van der Waals surface area contributed by atoms with Crippen molar-refractivity contribution in [2.75, 3.05) is 32.8 Å². The Morgan fingerprint density at radius 2 is 1.79 bits per heavy atom.